The fourth-order valence-electron chi connectivity index (χ4n) is 1.37. The number of nitro groups is 1. The molecule has 0 aromatic heterocycles. The largest absolute Gasteiger partial charge is 0.278 e. The molecule has 1 aliphatic heterocycles. The summed E-state index contributed by atoms with van der Waals surface area (Å²) in [6.45, 7) is 0. The first-order valence-corrected chi connectivity index (χ1v) is 5.76. The van der Waals surface area contributed by atoms with E-state index in [0.29, 0.717) is 9.80 Å². The van der Waals surface area contributed by atoms with E-state index in [1.54, 1.807) is 12.1 Å². The van der Waals surface area contributed by atoms with E-state index >= 15 is 0 Å². The van der Waals surface area contributed by atoms with Crippen molar-refractivity contribution in [1.29, 1.82) is 0 Å². The number of likely N-dealkylation sites (N-methyl/N-ethyl adjacent to an activating group) is 1. The number of carbonyl (C=O) groups excluding carboxylic acids is 2. The first-order valence-electron chi connectivity index (χ1n) is 4.95. The van der Waals surface area contributed by atoms with Crippen LogP contribution in [-0.4, -0.2) is 28.7 Å². The molecule has 0 saturated heterocycles. The fourth-order valence-corrected chi connectivity index (χ4v) is 2.28. The molecule has 6 nitrogen and oxygen atoms in total. The number of carbonyl (C=O) groups is 2. The molecule has 1 aromatic carbocycles. The van der Waals surface area contributed by atoms with Crippen LogP contribution in [0.5, 0.6) is 0 Å². The standard InChI is InChI=1S/C11H8N2O4S/c1-12-10(14)6-9(11(12)15)18-8-4-2-7(3-5-8)13(16)17/h2-6H,1H3. The predicted octanol–water partition coefficient (Wildman–Crippen LogP) is 1.57. The summed E-state index contributed by atoms with van der Waals surface area (Å²) in [5.41, 5.74) is -0.0146. The quantitative estimate of drug-likeness (QED) is 0.470. The van der Waals surface area contributed by atoms with E-state index in [9.17, 15) is 19.7 Å². The third-order valence-corrected chi connectivity index (χ3v) is 3.40. The van der Waals surface area contributed by atoms with E-state index in [-0.39, 0.29) is 17.5 Å². The molecule has 0 fully saturated rings. The van der Waals surface area contributed by atoms with Crippen LogP contribution < -0.4 is 0 Å². The van der Waals surface area contributed by atoms with Gasteiger partial charge in [-0.25, -0.2) is 0 Å². The Kier molecular flexibility index (Phi) is 3.15. The van der Waals surface area contributed by atoms with Crippen molar-refractivity contribution < 1.29 is 14.5 Å². The van der Waals surface area contributed by atoms with Gasteiger partial charge >= 0.3 is 0 Å². The van der Waals surface area contributed by atoms with Gasteiger partial charge in [0.2, 0.25) is 0 Å². The highest BCUT2D eigenvalue weighted by Gasteiger charge is 2.28. The monoisotopic (exact) mass is 264 g/mol. The van der Waals surface area contributed by atoms with Crippen molar-refractivity contribution in [1.82, 2.24) is 4.90 Å². The number of hydrogen-bond acceptors (Lipinski definition) is 5. The highest BCUT2D eigenvalue weighted by molar-refractivity contribution is 8.04. The van der Waals surface area contributed by atoms with Crippen molar-refractivity contribution in [2.24, 2.45) is 0 Å². The molecule has 0 unspecified atom stereocenters. The van der Waals surface area contributed by atoms with Crippen LogP contribution in [0.4, 0.5) is 5.69 Å². The minimum absolute atomic E-state index is 0.0146. The zero-order chi connectivity index (χ0) is 13.3. The van der Waals surface area contributed by atoms with E-state index in [1.807, 2.05) is 0 Å². The molecule has 0 N–H and O–H groups in total. The second kappa shape index (κ2) is 4.61. The molecule has 0 spiro atoms. The summed E-state index contributed by atoms with van der Waals surface area (Å²) in [4.78, 5) is 34.8. The maximum Gasteiger partial charge on any atom is 0.269 e. The van der Waals surface area contributed by atoms with Crippen LogP contribution >= 0.6 is 11.8 Å². The molecule has 7 heteroatoms. The summed E-state index contributed by atoms with van der Waals surface area (Å²) in [5, 5.41) is 10.5. The zero-order valence-electron chi connectivity index (χ0n) is 9.32. The van der Waals surface area contributed by atoms with Gasteiger partial charge in [0.1, 0.15) is 0 Å². The highest BCUT2D eigenvalue weighted by atomic mass is 32.2. The molecule has 2 amide bonds. The summed E-state index contributed by atoms with van der Waals surface area (Å²) < 4.78 is 0. The van der Waals surface area contributed by atoms with Crippen LogP contribution in [0, 0.1) is 10.1 Å². The van der Waals surface area contributed by atoms with Crippen molar-refractivity contribution in [3.05, 3.63) is 45.4 Å². The molecular weight excluding hydrogens is 256 g/mol. The number of benzene rings is 1. The first-order chi connectivity index (χ1) is 8.49. The molecule has 2 rings (SSSR count). The van der Waals surface area contributed by atoms with Crippen LogP contribution in [0.2, 0.25) is 0 Å². The van der Waals surface area contributed by atoms with Crippen molar-refractivity contribution in [2.75, 3.05) is 7.05 Å². The van der Waals surface area contributed by atoms with Gasteiger partial charge in [-0.1, -0.05) is 11.8 Å². The van der Waals surface area contributed by atoms with Crippen LogP contribution in [0.3, 0.4) is 0 Å². The molecule has 18 heavy (non-hydrogen) atoms. The lowest BCUT2D eigenvalue weighted by Crippen LogP contribution is -2.25. The topological polar surface area (TPSA) is 80.5 Å². The van der Waals surface area contributed by atoms with Crippen molar-refractivity contribution >= 4 is 29.3 Å². The maximum atomic E-state index is 11.6. The summed E-state index contributed by atoms with van der Waals surface area (Å²) in [5.74, 6) is -0.715. The molecule has 1 aliphatic rings. The van der Waals surface area contributed by atoms with Crippen LogP contribution in [0.15, 0.2) is 40.1 Å². The Morgan fingerprint density at radius 3 is 2.28 bits per heavy atom. The molecule has 1 aromatic rings. The highest BCUT2D eigenvalue weighted by Crippen LogP contribution is 2.31. The third-order valence-electron chi connectivity index (χ3n) is 2.38. The van der Waals surface area contributed by atoms with Gasteiger partial charge in [-0.15, -0.1) is 0 Å². The molecule has 0 aliphatic carbocycles. The van der Waals surface area contributed by atoms with E-state index in [0.717, 1.165) is 16.7 Å². The average molecular weight is 264 g/mol. The SMILES string of the molecule is CN1C(=O)C=C(Sc2ccc([N+](=O)[O-])cc2)C1=O. The third kappa shape index (κ3) is 2.25. The molecule has 0 saturated carbocycles. The van der Waals surface area contributed by atoms with Gasteiger partial charge in [-0.2, -0.15) is 0 Å². The lowest BCUT2D eigenvalue weighted by Gasteiger charge is -2.06. The van der Waals surface area contributed by atoms with Gasteiger partial charge < -0.3 is 0 Å². The number of nitrogens with zero attached hydrogens (tertiary/aromatic N) is 2. The Balaban J connectivity index is 2.16. The Labute approximate surface area is 106 Å². The van der Waals surface area contributed by atoms with E-state index in [2.05, 4.69) is 0 Å². The zero-order valence-corrected chi connectivity index (χ0v) is 10.1. The lowest BCUT2D eigenvalue weighted by molar-refractivity contribution is -0.384. The number of nitro benzene ring substituents is 1. The molecule has 1 heterocycles. The number of imide groups is 1. The Morgan fingerprint density at radius 2 is 1.83 bits per heavy atom. The maximum absolute atomic E-state index is 11.6. The van der Waals surface area contributed by atoms with Gasteiger partial charge in [-0.05, 0) is 12.1 Å². The van der Waals surface area contributed by atoms with Gasteiger partial charge in [0.05, 0.1) is 9.83 Å². The Hall–Kier alpha value is -2.15. The smallest absolute Gasteiger partial charge is 0.269 e. The van der Waals surface area contributed by atoms with E-state index in [1.165, 1.54) is 25.3 Å². The normalized spacial score (nSPS) is 14.9. The lowest BCUT2D eigenvalue weighted by atomic mass is 10.3. The average Bonchev–Trinajstić information content (AvgIpc) is 2.58. The number of thioether (sulfide) groups is 1. The second-order valence-electron chi connectivity index (χ2n) is 3.56. The Morgan fingerprint density at radius 1 is 1.22 bits per heavy atom. The van der Waals surface area contributed by atoms with Crippen LogP contribution in [0.1, 0.15) is 0 Å². The molecule has 92 valence electrons. The molecule has 0 radical (unpaired) electrons. The van der Waals surface area contributed by atoms with Crippen molar-refractivity contribution in [3.63, 3.8) is 0 Å². The van der Waals surface area contributed by atoms with Gasteiger partial charge in [0, 0.05) is 30.2 Å². The van der Waals surface area contributed by atoms with Crippen LogP contribution in [0.25, 0.3) is 0 Å². The number of non-ortho nitro benzene ring substituents is 1. The van der Waals surface area contributed by atoms with Crippen molar-refractivity contribution in [2.45, 2.75) is 4.90 Å². The summed E-state index contributed by atoms with van der Waals surface area (Å²) in [6.07, 6.45) is 1.26. The summed E-state index contributed by atoms with van der Waals surface area (Å²) in [7, 11) is 1.41. The number of amides is 2. The molecule has 0 bridgehead atoms. The minimum Gasteiger partial charge on any atom is -0.278 e. The van der Waals surface area contributed by atoms with Crippen molar-refractivity contribution in [3.8, 4) is 0 Å². The van der Waals surface area contributed by atoms with Gasteiger partial charge in [0.25, 0.3) is 17.5 Å². The summed E-state index contributed by atoms with van der Waals surface area (Å²) in [6, 6.07) is 5.79. The molecular formula is C11H8N2O4S. The fraction of sp³-hybridized carbons (Fsp3) is 0.0909. The first kappa shape index (κ1) is 12.3. The van der Waals surface area contributed by atoms with Gasteiger partial charge in [0.15, 0.2) is 0 Å². The Bertz CT molecular complexity index is 565. The van der Waals surface area contributed by atoms with Crippen LogP contribution in [-0.2, 0) is 9.59 Å². The van der Waals surface area contributed by atoms with E-state index in [4.69, 9.17) is 0 Å². The minimum atomic E-state index is -0.494. The number of hydrogen-bond donors (Lipinski definition) is 0. The predicted molar refractivity (Wildman–Crippen MR) is 64.8 cm³/mol. The molecule has 0 atom stereocenters. The van der Waals surface area contributed by atoms with E-state index < -0.39 is 4.92 Å². The second-order valence-corrected chi connectivity index (χ2v) is 4.68. The summed E-state index contributed by atoms with van der Waals surface area (Å²) >= 11 is 1.11. The van der Waals surface area contributed by atoms with Gasteiger partial charge in [-0.3, -0.25) is 24.6 Å². The number of rotatable bonds is 3.